The molecule has 0 aromatic carbocycles. The van der Waals surface area contributed by atoms with Gasteiger partial charge in [-0.15, -0.1) is 21.5 Å². The van der Waals surface area contributed by atoms with E-state index < -0.39 is 0 Å². The molecule has 0 N–H and O–H groups in total. The molecular formula is C13H16ClN3S. The summed E-state index contributed by atoms with van der Waals surface area (Å²) in [6.45, 7) is 6.17. The van der Waals surface area contributed by atoms with Crippen LogP contribution < -0.4 is 4.90 Å². The Morgan fingerprint density at radius 3 is 2.61 bits per heavy atom. The van der Waals surface area contributed by atoms with Gasteiger partial charge in [-0.05, 0) is 43.3 Å². The van der Waals surface area contributed by atoms with Crippen LogP contribution in [0.1, 0.15) is 29.0 Å². The second-order valence-corrected chi connectivity index (χ2v) is 5.70. The monoisotopic (exact) mass is 281 g/mol. The van der Waals surface area contributed by atoms with Crippen molar-refractivity contribution in [2.45, 2.75) is 26.8 Å². The summed E-state index contributed by atoms with van der Waals surface area (Å²) in [4.78, 5) is 3.45. The van der Waals surface area contributed by atoms with Crippen LogP contribution in [0.5, 0.6) is 0 Å². The SMILES string of the molecule is Cc1c(Cl)nnc(N(C)C(C)c2cccs2)c1C. The van der Waals surface area contributed by atoms with Crippen LogP contribution in [0.2, 0.25) is 5.15 Å². The van der Waals surface area contributed by atoms with E-state index in [1.807, 2.05) is 20.9 Å². The second-order valence-electron chi connectivity index (χ2n) is 4.37. The molecule has 0 aliphatic carbocycles. The summed E-state index contributed by atoms with van der Waals surface area (Å²) in [5.41, 5.74) is 2.08. The van der Waals surface area contributed by atoms with Gasteiger partial charge in [0, 0.05) is 11.9 Å². The van der Waals surface area contributed by atoms with E-state index in [2.05, 4.69) is 39.5 Å². The van der Waals surface area contributed by atoms with Crippen LogP contribution in [0, 0.1) is 13.8 Å². The van der Waals surface area contributed by atoms with Gasteiger partial charge >= 0.3 is 0 Å². The van der Waals surface area contributed by atoms with Crippen LogP contribution in [0.25, 0.3) is 0 Å². The molecule has 1 atom stereocenters. The standard InChI is InChI=1S/C13H16ClN3S/c1-8-9(2)13(16-15-12(8)14)17(4)10(3)11-6-5-7-18-11/h5-7,10H,1-4H3. The van der Waals surface area contributed by atoms with E-state index in [1.54, 1.807) is 11.3 Å². The molecule has 2 heterocycles. The molecule has 1 unspecified atom stereocenters. The summed E-state index contributed by atoms with van der Waals surface area (Å²) < 4.78 is 0. The zero-order chi connectivity index (χ0) is 13.3. The van der Waals surface area contributed by atoms with Gasteiger partial charge in [0.15, 0.2) is 11.0 Å². The van der Waals surface area contributed by atoms with Crippen molar-refractivity contribution in [2.75, 3.05) is 11.9 Å². The zero-order valence-corrected chi connectivity index (χ0v) is 12.5. The molecule has 0 amide bonds. The zero-order valence-electron chi connectivity index (χ0n) is 10.9. The summed E-state index contributed by atoms with van der Waals surface area (Å²) in [7, 11) is 2.04. The number of hydrogen-bond acceptors (Lipinski definition) is 4. The largest absolute Gasteiger partial charge is 0.350 e. The second kappa shape index (κ2) is 5.24. The fourth-order valence-corrected chi connectivity index (χ4v) is 2.81. The van der Waals surface area contributed by atoms with Gasteiger partial charge in [0.2, 0.25) is 0 Å². The maximum Gasteiger partial charge on any atom is 0.155 e. The van der Waals surface area contributed by atoms with Crippen LogP contribution in [0.15, 0.2) is 17.5 Å². The highest BCUT2D eigenvalue weighted by Crippen LogP contribution is 2.30. The molecule has 0 bridgehead atoms. The highest BCUT2D eigenvalue weighted by molar-refractivity contribution is 7.10. The molecule has 2 aromatic rings. The molecule has 3 nitrogen and oxygen atoms in total. The maximum atomic E-state index is 5.98. The lowest BCUT2D eigenvalue weighted by Crippen LogP contribution is -2.23. The molecule has 2 aromatic heterocycles. The van der Waals surface area contributed by atoms with Gasteiger partial charge in [-0.25, -0.2) is 0 Å². The Balaban J connectivity index is 2.35. The Bertz CT molecular complexity index is 539. The van der Waals surface area contributed by atoms with Crippen LogP contribution in [0.3, 0.4) is 0 Å². The number of halogens is 1. The Labute approximate surface area is 116 Å². The van der Waals surface area contributed by atoms with E-state index in [0.717, 1.165) is 16.9 Å². The van der Waals surface area contributed by atoms with Crippen molar-refractivity contribution < 1.29 is 0 Å². The highest BCUT2D eigenvalue weighted by Gasteiger charge is 2.18. The number of thiophene rings is 1. The number of hydrogen-bond donors (Lipinski definition) is 0. The Morgan fingerprint density at radius 1 is 1.28 bits per heavy atom. The Hall–Kier alpha value is -1.13. The fraction of sp³-hybridized carbons (Fsp3) is 0.385. The molecule has 2 rings (SSSR count). The number of aromatic nitrogens is 2. The van der Waals surface area contributed by atoms with Crippen molar-refractivity contribution in [3.8, 4) is 0 Å². The number of rotatable bonds is 3. The molecule has 0 saturated heterocycles. The van der Waals surface area contributed by atoms with Crippen LogP contribution in [-0.2, 0) is 0 Å². The van der Waals surface area contributed by atoms with E-state index in [0.29, 0.717) is 5.15 Å². The van der Waals surface area contributed by atoms with Crippen molar-refractivity contribution in [3.05, 3.63) is 38.7 Å². The van der Waals surface area contributed by atoms with Gasteiger partial charge in [-0.3, -0.25) is 0 Å². The first kappa shape index (κ1) is 13.3. The quantitative estimate of drug-likeness (QED) is 0.851. The van der Waals surface area contributed by atoms with Crippen molar-refractivity contribution >= 4 is 28.8 Å². The average Bonchev–Trinajstić information content (AvgIpc) is 2.88. The summed E-state index contributed by atoms with van der Waals surface area (Å²) >= 11 is 7.73. The molecule has 0 aliphatic heterocycles. The van der Waals surface area contributed by atoms with Crippen molar-refractivity contribution in [1.82, 2.24) is 10.2 Å². The first-order valence-electron chi connectivity index (χ1n) is 5.78. The van der Waals surface area contributed by atoms with Crippen molar-refractivity contribution in [2.24, 2.45) is 0 Å². The molecule has 0 radical (unpaired) electrons. The van der Waals surface area contributed by atoms with Crippen LogP contribution >= 0.6 is 22.9 Å². The molecule has 0 aliphatic rings. The first-order chi connectivity index (χ1) is 8.52. The molecule has 0 saturated carbocycles. The van der Waals surface area contributed by atoms with Gasteiger partial charge in [0.05, 0.1) is 6.04 Å². The van der Waals surface area contributed by atoms with E-state index in [4.69, 9.17) is 11.6 Å². The molecule has 96 valence electrons. The third-order valence-electron chi connectivity index (χ3n) is 3.31. The number of nitrogens with zero attached hydrogens (tertiary/aromatic N) is 3. The molecular weight excluding hydrogens is 266 g/mol. The lowest BCUT2D eigenvalue weighted by Gasteiger charge is -2.26. The summed E-state index contributed by atoms with van der Waals surface area (Å²) in [5, 5.41) is 10.8. The fourth-order valence-electron chi connectivity index (χ4n) is 1.80. The summed E-state index contributed by atoms with van der Waals surface area (Å²) in [5.74, 6) is 0.887. The predicted octanol–water partition coefficient (Wildman–Crippen LogP) is 4.01. The van der Waals surface area contributed by atoms with Gasteiger partial charge in [-0.2, -0.15) is 0 Å². The van der Waals surface area contributed by atoms with E-state index in [9.17, 15) is 0 Å². The molecule has 0 fully saturated rings. The minimum atomic E-state index is 0.276. The average molecular weight is 282 g/mol. The van der Waals surface area contributed by atoms with Crippen LogP contribution in [-0.4, -0.2) is 17.2 Å². The summed E-state index contributed by atoms with van der Waals surface area (Å²) in [6, 6.07) is 4.48. The first-order valence-corrected chi connectivity index (χ1v) is 7.03. The molecule has 5 heteroatoms. The Kier molecular flexibility index (Phi) is 3.88. The molecule has 0 spiro atoms. The lowest BCUT2D eigenvalue weighted by molar-refractivity contribution is 0.727. The Morgan fingerprint density at radius 2 is 2.00 bits per heavy atom. The minimum Gasteiger partial charge on any atom is -0.350 e. The summed E-state index contributed by atoms with van der Waals surface area (Å²) in [6.07, 6.45) is 0. The van der Waals surface area contributed by atoms with E-state index in [-0.39, 0.29) is 6.04 Å². The highest BCUT2D eigenvalue weighted by atomic mass is 35.5. The lowest BCUT2D eigenvalue weighted by atomic mass is 10.1. The van der Waals surface area contributed by atoms with E-state index >= 15 is 0 Å². The maximum absolute atomic E-state index is 5.98. The smallest absolute Gasteiger partial charge is 0.155 e. The topological polar surface area (TPSA) is 29.0 Å². The van der Waals surface area contributed by atoms with E-state index in [1.165, 1.54) is 4.88 Å². The van der Waals surface area contributed by atoms with Gasteiger partial charge in [0.25, 0.3) is 0 Å². The number of anilines is 1. The minimum absolute atomic E-state index is 0.276. The van der Waals surface area contributed by atoms with Crippen molar-refractivity contribution in [1.29, 1.82) is 0 Å². The predicted molar refractivity (Wildman–Crippen MR) is 77.7 cm³/mol. The van der Waals surface area contributed by atoms with Gasteiger partial charge < -0.3 is 4.90 Å². The third kappa shape index (κ3) is 2.35. The van der Waals surface area contributed by atoms with Crippen LogP contribution in [0.4, 0.5) is 5.82 Å². The normalized spacial score (nSPS) is 12.5. The van der Waals surface area contributed by atoms with Gasteiger partial charge in [0.1, 0.15) is 0 Å². The van der Waals surface area contributed by atoms with Crippen molar-refractivity contribution in [3.63, 3.8) is 0 Å². The third-order valence-corrected chi connectivity index (χ3v) is 4.71. The van der Waals surface area contributed by atoms with Gasteiger partial charge in [-0.1, -0.05) is 17.7 Å². The molecule has 18 heavy (non-hydrogen) atoms.